The number of rotatable bonds is 6. The fourth-order valence-electron chi connectivity index (χ4n) is 2.62. The summed E-state index contributed by atoms with van der Waals surface area (Å²) in [5.74, 6) is 0.109. The van der Waals surface area contributed by atoms with Crippen LogP contribution in [0.15, 0.2) is 78.4 Å². The molecule has 0 atom stereocenters. The summed E-state index contributed by atoms with van der Waals surface area (Å²) in [6.07, 6.45) is 1.50. The fourth-order valence-corrected chi connectivity index (χ4v) is 2.75. The molecule has 3 rings (SSSR count). The van der Waals surface area contributed by atoms with E-state index in [0.29, 0.717) is 27.6 Å². The lowest BCUT2D eigenvalue weighted by atomic mass is 10.1. The number of halogens is 1. The van der Waals surface area contributed by atoms with Crippen molar-refractivity contribution in [3.05, 3.63) is 100 Å². The summed E-state index contributed by atoms with van der Waals surface area (Å²) in [5, 5.41) is 21.7. The van der Waals surface area contributed by atoms with Gasteiger partial charge in [0, 0.05) is 16.3 Å². The van der Waals surface area contributed by atoms with Gasteiger partial charge in [-0.2, -0.15) is 10.5 Å². The van der Waals surface area contributed by atoms with Crippen LogP contribution < -0.4 is 10.1 Å². The van der Waals surface area contributed by atoms with Gasteiger partial charge in [-0.25, -0.2) is 0 Å². The van der Waals surface area contributed by atoms with Gasteiger partial charge in [-0.15, -0.1) is 0 Å². The van der Waals surface area contributed by atoms with Crippen molar-refractivity contribution in [1.82, 2.24) is 0 Å². The molecule has 30 heavy (non-hydrogen) atoms. The highest BCUT2D eigenvalue weighted by molar-refractivity contribution is 6.30. The topological polar surface area (TPSA) is 85.9 Å². The molecule has 0 unspecified atom stereocenters. The molecule has 0 aromatic heterocycles. The van der Waals surface area contributed by atoms with Gasteiger partial charge in [-0.05, 0) is 54.1 Å². The molecular formula is C24H16ClN3O2. The Kier molecular flexibility index (Phi) is 6.84. The Bertz CT molecular complexity index is 1150. The number of benzene rings is 3. The maximum absolute atomic E-state index is 12.3. The first-order valence-electron chi connectivity index (χ1n) is 8.98. The Morgan fingerprint density at radius 2 is 1.70 bits per heavy atom. The van der Waals surface area contributed by atoms with Crippen molar-refractivity contribution in [3.63, 3.8) is 0 Å². The lowest BCUT2D eigenvalue weighted by molar-refractivity contribution is -0.112. The summed E-state index contributed by atoms with van der Waals surface area (Å²) < 4.78 is 5.73. The van der Waals surface area contributed by atoms with Gasteiger partial charge in [0.15, 0.2) is 0 Å². The zero-order valence-electron chi connectivity index (χ0n) is 15.8. The van der Waals surface area contributed by atoms with Gasteiger partial charge < -0.3 is 10.1 Å². The number of nitrogens with one attached hydrogen (secondary N) is 1. The first-order chi connectivity index (χ1) is 14.6. The molecule has 0 aliphatic heterocycles. The molecule has 0 saturated carbocycles. The minimum Gasteiger partial charge on any atom is -0.489 e. The monoisotopic (exact) mass is 413 g/mol. The van der Waals surface area contributed by atoms with Crippen LogP contribution in [0.2, 0.25) is 5.02 Å². The molecule has 6 heteroatoms. The van der Waals surface area contributed by atoms with E-state index < -0.39 is 5.91 Å². The van der Waals surface area contributed by atoms with Crippen molar-refractivity contribution in [1.29, 1.82) is 10.5 Å². The number of nitrogens with zero attached hydrogens (tertiary/aromatic N) is 2. The van der Waals surface area contributed by atoms with E-state index in [1.54, 1.807) is 60.7 Å². The highest BCUT2D eigenvalue weighted by atomic mass is 35.5. The van der Waals surface area contributed by atoms with Crippen molar-refractivity contribution in [2.75, 3.05) is 5.32 Å². The first kappa shape index (κ1) is 20.7. The van der Waals surface area contributed by atoms with Crippen molar-refractivity contribution < 1.29 is 9.53 Å². The van der Waals surface area contributed by atoms with E-state index in [-0.39, 0.29) is 12.2 Å². The van der Waals surface area contributed by atoms with Crippen molar-refractivity contribution in [3.8, 4) is 17.9 Å². The van der Waals surface area contributed by atoms with Crippen LogP contribution in [0.1, 0.15) is 16.7 Å². The summed E-state index contributed by atoms with van der Waals surface area (Å²) in [6.45, 7) is 0.270. The van der Waals surface area contributed by atoms with Crippen LogP contribution in [0, 0.1) is 22.7 Å². The van der Waals surface area contributed by atoms with Gasteiger partial charge in [0.25, 0.3) is 5.91 Å². The maximum atomic E-state index is 12.3. The predicted molar refractivity (Wildman–Crippen MR) is 116 cm³/mol. The van der Waals surface area contributed by atoms with E-state index in [4.69, 9.17) is 21.6 Å². The van der Waals surface area contributed by atoms with Gasteiger partial charge >= 0.3 is 0 Å². The lowest BCUT2D eigenvalue weighted by Gasteiger charge is -2.08. The van der Waals surface area contributed by atoms with Crippen LogP contribution in [0.4, 0.5) is 5.69 Å². The van der Waals surface area contributed by atoms with Crippen molar-refractivity contribution in [2.45, 2.75) is 6.61 Å². The van der Waals surface area contributed by atoms with Gasteiger partial charge in [-0.3, -0.25) is 4.79 Å². The molecule has 0 aliphatic carbocycles. The van der Waals surface area contributed by atoms with Gasteiger partial charge in [-0.1, -0.05) is 41.9 Å². The maximum Gasteiger partial charge on any atom is 0.266 e. The van der Waals surface area contributed by atoms with Crippen LogP contribution in [0.3, 0.4) is 0 Å². The first-order valence-corrected chi connectivity index (χ1v) is 9.36. The molecule has 0 radical (unpaired) electrons. The zero-order chi connectivity index (χ0) is 21.3. The van der Waals surface area contributed by atoms with Crippen LogP contribution >= 0.6 is 11.6 Å². The minimum atomic E-state index is -0.506. The molecule has 0 aliphatic rings. The summed E-state index contributed by atoms with van der Waals surface area (Å²) in [6, 6.07) is 24.9. The second kappa shape index (κ2) is 9.93. The van der Waals surface area contributed by atoms with Crippen LogP contribution in [-0.2, 0) is 11.4 Å². The van der Waals surface area contributed by atoms with E-state index in [0.717, 1.165) is 5.56 Å². The SMILES string of the molecule is N#C/C(=C/c1ccc(OCc2ccccc2C#N)cc1)C(=O)Nc1ccc(Cl)cc1. The summed E-state index contributed by atoms with van der Waals surface area (Å²) in [4.78, 5) is 12.3. The Hall–Kier alpha value is -4.06. The average molecular weight is 414 g/mol. The normalized spacial score (nSPS) is 10.6. The number of carbonyl (C=O) groups is 1. The van der Waals surface area contributed by atoms with E-state index >= 15 is 0 Å². The second-order valence-corrected chi connectivity index (χ2v) is 6.69. The largest absolute Gasteiger partial charge is 0.489 e. The Labute approximate surface area is 179 Å². The molecule has 146 valence electrons. The lowest BCUT2D eigenvalue weighted by Crippen LogP contribution is -2.13. The van der Waals surface area contributed by atoms with Crippen molar-refractivity contribution >= 4 is 29.3 Å². The molecule has 3 aromatic carbocycles. The number of ether oxygens (including phenoxy) is 1. The number of anilines is 1. The molecule has 0 saturated heterocycles. The third-order valence-electron chi connectivity index (χ3n) is 4.19. The van der Waals surface area contributed by atoms with E-state index in [2.05, 4.69) is 11.4 Å². The quantitative estimate of drug-likeness (QED) is 0.436. The third-order valence-corrected chi connectivity index (χ3v) is 4.44. The molecular weight excluding hydrogens is 398 g/mol. The van der Waals surface area contributed by atoms with Gasteiger partial charge in [0.2, 0.25) is 0 Å². The summed E-state index contributed by atoms with van der Waals surface area (Å²) in [7, 11) is 0. The highest BCUT2D eigenvalue weighted by Crippen LogP contribution is 2.18. The fraction of sp³-hybridized carbons (Fsp3) is 0.0417. The van der Waals surface area contributed by atoms with Gasteiger partial charge in [0.1, 0.15) is 24.0 Å². The van der Waals surface area contributed by atoms with Crippen LogP contribution in [-0.4, -0.2) is 5.91 Å². The average Bonchev–Trinajstić information content (AvgIpc) is 2.78. The number of hydrogen-bond donors (Lipinski definition) is 1. The number of carbonyl (C=O) groups excluding carboxylic acids is 1. The van der Waals surface area contributed by atoms with Crippen LogP contribution in [0.5, 0.6) is 5.75 Å². The van der Waals surface area contributed by atoms with Gasteiger partial charge in [0.05, 0.1) is 11.6 Å². The van der Waals surface area contributed by atoms with E-state index in [9.17, 15) is 10.1 Å². The second-order valence-electron chi connectivity index (χ2n) is 6.26. The summed E-state index contributed by atoms with van der Waals surface area (Å²) >= 11 is 5.83. The number of nitriles is 2. The zero-order valence-corrected chi connectivity index (χ0v) is 16.6. The molecule has 5 nitrogen and oxygen atoms in total. The Balaban J connectivity index is 1.66. The summed E-state index contributed by atoms with van der Waals surface area (Å²) in [5.41, 5.74) is 2.58. The number of hydrogen-bond acceptors (Lipinski definition) is 4. The molecule has 0 spiro atoms. The van der Waals surface area contributed by atoms with E-state index in [1.807, 2.05) is 18.2 Å². The smallest absolute Gasteiger partial charge is 0.266 e. The van der Waals surface area contributed by atoms with E-state index in [1.165, 1.54) is 6.08 Å². The highest BCUT2D eigenvalue weighted by Gasteiger charge is 2.10. The molecule has 0 bridgehead atoms. The van der Waals surface area contributed by atoms with Crippen molar-refractivity contribution in [2.24, 2.45) is 0 Å². The molecule has 3 aromatic rings. The molecule has 1 N–H and O–H groups in total. The standard InChI is InChI=1S/C24H16ClN3O2/c25-21-7-9-22(10-8-21)28-24(29)20(15-27)13-17-5-11-23(12-6-17)30-16-19-4-2-1-3-18(19)14-26/h1-13H,16H2,(H,28,29)/b20-13-. The Morgan fingerprint density at radius 1 is 1.00 bits per heavy atom. The molecule has 0 heterocycles. The third kappa shape index (κ3) is 5.48. The minimum absolute atomic E-state index is 0.0263. The molecule has 1 amide bonds. The number of amides is 1. The predicted octanol–water partition coefficient (Wildman–Crippen LogP) is 5.34. The van der Waals surface area contributed by atoms with Crippen LogP contribution in [0.25, 0.3) is 6.08 Å². The molecule has 0 fully saturated rings. The Morgan fingerprint density at radius 3 is 2.37 bits per heavy atom.